The minimum Gasteiger partial charge on any atom is -0.269 e. The largest absolute Gasteiger partial charge is 0.269 e. The van der Waals surface area contributed by atoms with Gasteiger partial charge in [-0.2, -0.15) is 5.10 Å². The summed E-state index contributed by atoms with van der Waals surface area (Å²) in [5, 5.41) is 6.03. The monoisotopic (exact) mass is 162 g/mol. The van der Waals surface area contributed by atoms with Crippen molar-refractivity contribution in [2.24, 2.45) is 5.10 Å². The highest BCUT2D eigenvalue weighted by Gasteiger charge is 1.99. The summed E-state index contributed by atoms with van der Waals surface area (Å²) >= 11 is 0. The van der Waals surface area contributed by atoms with Gasteiger partial charge < -0.3 is 0 Å². The van der Waals surface area contributed by atoms with Crippen molar-refractivity contribution in [2.75, 3.05) is 12.1 Å². The number of aryl methyl sites for hydroxylation is 1. The summed E-state index contributed by atoms with van der Waals surface area (Å²) in [5.74, 6) is 0. The molecule has 0 unspecified atom stereocenters. The Hall–Kier alpha value is -1.31. The van der Waals surface area contributed by atoms with Gasteiger partial charge in [-0.1, -0.05) is 18.2 Å². The van der Waals surface area contributed by atoms with Gasteiger partial charge in [-0.3, -0.25) is 5.01 Å². The number of para-hydroxylation sites is 1. The van der Waals surface area contributed by atoms with Crippen LogP contribution in [0.1, 0.15) is 12.5 Å². The normalized spacial score (nSPS) is 10.6. The Morgan fingerprint density at radius 2 is 2.00 bits per heavy atom. The lowest BCUT2D eigenvalue weighted by Gasteiger charge is -2.14. The van der Waals surface area contributed by atoms with Crippen LogP contribution in [0.4, 0.5) is 5.69 Å². The van der Waals surface area contributed by atoms with Crippen LogP contribution in [0.5, 0.6) is 0 Å². The van der Waals surface area contributed by atoms with E-state index in [1.54, 1.807) is 6.21 Å². The highest BCUT2D eigenvalue weighted by Crippen LogP contribution is 2.17. The van der Waals surface area contributed by atoms with Gasteiger partial charge in [0.25, 0.3) is 0 Å². The quantitative estimate of drug-likeness (QED) is 0.481. The van der Waals surface area contributed by atoms with Crippen LogP contribution in [0.15, 0.2) is 29.4 Å². The van der Waals surface area contributed by atoms with Crippen LogP contribution in [-0.2, 0) is 0 Å². The van der Waals surface area contributed by atoms with Gasteiger partial charge in [-0.15, -0.1) is 0 Å². The molecule has 0 aliphatic heterocycles. The lowest BCUT2D eigenvalue weighted by molar-refractivity contribution is 1.01. The lowest BCUT2D eigenvalue weighted by atomic mass is 10.2. The average Bonchev–Trinajstić information content (AvgIpc) is 2.05. The Kier molecular flexibility index (Phi) is 2.86. The van der Waals surface area contributed by atoms with Crippen molar-refractivity contribution < 1.29 is 0 Å². The zero-order chi connectivity index (χ0) is 8.97. The summed E-state index contributed by atoms with van der Waals surface area (Å²) in [4.78, 5) is 0. The first-order chi connectivity index (χ1) is 5.75. The maximum atomic E-state index is 4.16. The lowest BCUT2D eigenvalue weighted by Crippen LogP contribution is -2.09. The number of benzene rings is 1. The van der Waals surface area contributed by atoms with E-state index in [-0.39, 0.29) is 0 Å². The van der Waals surface area contributed by atoms with Gasteiger partial charge in [0.15, 0.2) is 0 Å². The fourth-order valence-electron chi connectivity index (χ4n) is 1.16. The van der Waals surface area contributed by atoms with E-state index in [4.69, 9.17) is 0 Å². The predicted octanol–water partition coefficient (Wildman–Crippen LogP) is 2.44. The molecule has 0 atom stereocenters. The number of anilines is 1. The molecule has 0 radical (unpaired) electrons. The summed E-state index contributed by atoms with van der Waals surface area (Å²) in [6.45, 7) is 3.99. The first-order valence-electron chi connectivity index (χ1n) is 4.03. The summed E-state index contributed by atoms with van der Waals surface area (Å²) in [6, 6.07) is 8.19. The van der Waals surface area contributed by atoms with Crippen molar-refractivity contribution in [1.82, 2.24) is 0 Å². The fourth-order valence-corrected chi connectivity index (χ4v) is 1.16. The summed E-state index contributed by atoms with van der Waals surface area (Å²) in [5.41, 5.74) is 2.39. The fraction of sp³-hybridized carbons (Fsp3) is 0.300. The van der Waals surface area contributed by atoms with Gasteiger partial charge in [0.1, 0.15) is 0 Å². The molecule has 64 valence electrons. The molecule has 2 nitrogen and oxygen atoms in total. The molecular weight excluding hydrogens is 148 g/mol. The van der Waals surface area contributed by atoms with Crippen molar-refractivity contribution in [2.45, 2.75) is 13.8 Å². The van der Waals surface area contributed by atoms with E-state index < -0.39 is 0 Å². The van der Waals surface area contributed by atoms with Crippen molar-refractivity contribution in [1.29, 1.82) is 0 Å². The molecule has 0 aromatic heterocycles. The van der Waals surface area contributed by atoms with Crippen LogP contribution in [0.3, 0.4) is 0 Å². The molecule has 12 heavy (non-hydrogen) atoms. The van der Waals surface area contributed by atoms with E-state index in [1.165, 1.54) is 5.56 Å². The minimum atomic E-state index is 1.15. The van der Waals surface area contributed by atoms with Crippen LogP contribution < -0.4 is 5.01 Å². The van der Waals surface area contributed by atoms with Gasteiger partial charge in [0, 0.05) is 13.3 Å². The second kappa shape index (κ2) is 3.90. The molecule has 0 bridgehead atoms. The zero-order valence-electron chi connectivity index (χ0n) is 7.78. The third kappa shape index (κ3) is 1.84. The van der Waals surface area contributed by atoms with Crippen LogP contribution in [0.25, 0.3) is 0 Å². The van der Waals surface area contributed by atoms with E-state index >= 15 is 0 Å². The number of hydrogen-bond acceptors (Lipinski definition) is 2. The van der Waals surface area contributed by atoms with E-state index in [9.17, 15) is 0 Å². The summed E-state index contributed by atoms with van der Waals surface area (Å²) in [7, 11) is 1.95. The van der Waals surface area contributed by atoms with Gasteiger partial charge >= 0.3 is 0 Å². The second-order valence-corrected chi connectivity index (χ2v) is 2.68. The number of hydrogen-bond donors (Lipinski definition) is 0. The summed E-state index contributed by atoms with van der Waals surface area (Å²) in [6.07, 6.45) is 1.78. The average molecular weight is 162 g/mol. The standard InChI is InChI=1S/C10H14N2/c1-4-11-12(3)10-8-6-5-7-9(10)2/h4-8H,1-3H3/b11-4-. The first-order valence-corrected chi connectivity index (χ1v) is 4.03. The SMILES string of the molecule is C/C=N\N(C)c1ccccc1C. The molecule has 1 rings (SSSR count). The Morgan fingerprint density at radius 3 is 2.58 bits per heavy atom. The smallest absolute Gasteiger partial charge is 0.0619 e. The predicted molar refractivity (Wildman–Crippen MR) is 53.7 cm³/mol. The van der Waals surface area contributed by atoms with Crippen molar-refractivity contribution in [3.63, 3.8) is 0 Å². The Labute approximate surface area is 73.5 Å². The van der Waals surface area contributed by atoms with Crippen LogP contribution >= 0.6 is 0 Å². The highest BCUT2D eigenvalue weighted by molar-refractivity contribution is 5.59. The number of hydrazone groups is 1. The third-order valence-corrected chi connectivity index (χ3v) is 1.75. The summed E-state index contributed by atoms with van der Waals surface area (Å²) < 4.78 is 0. The molecular formula is C10H14N2. The molecule has 0 spiro atoms. The van der Waals surface area contributed by atoms with Crippen LogP contribution in [-0.4, -0.2) is 13.3 Å². The minimum absolute atomic E-state index is 1.15. The molecule has 1 aromatic carbocycles. The molecule has 0 heterocycles. The maximum absolute atomic E-state index is 4.16. The maximum Gasteiger partial charge on any atom is 0.0619 e. The Bertz CT molecular complexity index is 279. The van der Waals surface area contributed by atoms with Gasteiger partial charge in [-0.25, -0.2) is 0 Å². The number of nitrogens with zero attached hydrogens (tertiary/aromatic N) is 2. The molecule has 2 heteroatoms. The van der Waals surface area contributed by atoms with Crippen LogP contribution in [0, 0.1) is 6.92 Å². The zero-order valence-corrected chi connectivity index (χ0v) is 7.78. The molecule has 0 aliphatic rings. The molecule has 0 saturated carbocycles. The molecule has 1 aromatic rings. The first kappa shape index (κ1) is 8.78. The second-order valence-electron chi connectivity index (χ2n) is 2.68. The van der Waals surface area contributed by atoms with Gasteiger partial charge in [-0.05, 0) is 25.5 Å². The van der Waals surface area contributed by atoms with Gasteiger partial charge in [0.2, 0.25) is 0 Å². The highest BCUT2D eigenvalue weighted by atomic mass is 15.4. The van der Waals surface area contributed by atoms with E-state index in [2.05, 4.69) is 24.2 Å². The van der Waals surface area contributed by atoms with E-state index in [1.807, 2.05) is 31.1 Å². The van der Waals surface area contributed by atoms with E-state index in [0.717, 1.165) is 5.69 Å². The molecule has 0 amide bonds. The van der Waals surface area contributed by atoms with E-state index in [0.29, 0.717) is 0 Å². The van der Waals surface area contributed by atoms with Crippen molar-refractivity contribution >= 4 is 11.9 Å². The Balaban J connectivity index is 2.94. The molecule has 0 fully saturated rings. The number of rotatable bonds is 2. The van der Waals surface area contributed by atoms with Gasteiger partial charge in [0.05, 0.1) is 5.69 Å². The topological polar surface area (TPSA) is 15.6 Å². The van der Waals surface area contributed by atoms with Crippen molar-refractivity contribution in [3.05, 3.63) is 29.8 Å². The van der Waals surface area contributed by atoms with Crippen molar-refractivity contribution in [3.8, 4) is 0 Å². The molecule has 0 N–H and O–H groups in total. The third-order valence-electron chi connectivity index (χ3n) is 1.75. The van der Waals surface area contributed by atoms with Crippen LogP contribution in [0.2, 0.25) is 0 Å². The molecule has 0 saturated heterocycles. The molecule has 0 aliphatic carbocycles. The Morgan fingerprint density at radius 1 is 1.33 bits per heavy atom.